The molecule has 0 aliphatic carbocycles. The monoisotopic (exact) mass is 291 g/mol. The maximum absolute atomic E-state index is 11.8. The Morgan fingerprint density at radius 3 is 2.80 bits per heavy atom. The van der Waals surface area contributed by atoms with Gasteiger partial charge in [-0.25, -0.2) is 0 Å². The third-order valence-corrected chi connectivity index (χ3v) is 4.33. The van der Waals surface area contributed by atoms with Crippen LogP contribution in [0.25, 0.3) is 10.1 Å². The molecule has 0 spiro atoms. The van der Waals surface area contributed by atoms with Crippen LogP contribution in [0.1, 0.15) is 19.4 Å². The van der Waals surface area contributed by atoms with Crippen LogP contribution in [0, 0.1) is 0 Å². The quantitative estimate of drug-likeness (QED) is 0.732. The second-order valence-electron chi connectivity index (χ2n) is 4.62. The lowest BCUT2D eigenvalue weighted by Gasteiger charge is -2.18. The molecule has 3 nitrogen and oxygen atoms in total. The molecule has 0 unspecified atom stereocenters. The zero-order valence-electron chi connectivity index (χ0n) is 12.1. The number of likely N-dealkylation sites (N-methyl/N-ethyl adjacent to an activating group) is 1. The number of amides is 1. The largest absolute Gasteiger partial charge is 0.371 e. The van der Waals surface area contributed by atoms with Gasteiger partial charge in [-0.05, 0) is 48.7 Å². The maximum atomic E-state index is 11.8. The highest BCUT2D eigenvalue weighted by Gasteiger charge is 2.09. The van der Waals surface area contributed by atoms with E-state index >= 15 is 0 Å². The highest BCUT2D eigenvalue weighted by atomic mass is 32.1. The number of nitrogens with zero attached hydrogens (tertiary/aromatic N) is 1. The Morgan fingerprint density at radius 1 is 1.25 bits per heavy atom. The van der Waals surface area contributed by atoms with Crippen molar-refractivity contribution >= 4 is 27.3 Å². The van der Waals surface area contributed by atoms with E-state index in [-0.39, 0.29) is 12.5 Å². The zero-order chi connectivity index (χ0) is 14.4. The summed E-state index contributed by atoms with van der Waals surface area (Å²) >= 11 is 1.75. The number of benzene rings is 1. The van der Waals surface area contributed by atoms with Crippen LogP contribution < -0.4 is 0 Å². The third-order valence-electron chi connectivity index (χ3n) is 3.44. The summed E-state index contributed by atoms with van der Waals surface area (Å²) < 4.78 is 6.83. The lowest BCUT2D eigenvalue weighted by Crippen LogP contribution is -2.33. The fourth-order valence-corrected chi connectivity index (χ4v) is 3.12. The van der Waals surface area contributed by atoms with E-state index < -0.39 is 0 Å². The molecule has 0 N–H and O–H groups in total. The minimum Gasteiger partial charge on any atom is -0.371 e. The van der Waals surface area contributed by atoms with Crippen molar-refractivity contribution in [2.24, 2.45) is 0 Å². The van der Waals surface area contributed by atoms with Crippen molar-refractivity contribution in [1.82, 2.24) is 4.90 Å². The smallest absolute Gasteiger partial charge is 0.248 e. The first-order valence-corrected chi connectivity index (χ1v) is 7.94. The van der Waals surface area contributed by atoms with Crippen molar-refractivity contribution in [1.29, 1.82) is 0 Å². The first-order valence-electron chi connectivity index (χ1n) is 7.06. The van der Waals surface area contributed by atoms with Crippen LogP contribution in [0.15, 0.2) is 29.6 Å². The second kappa shape index (κ2) is 7.41. The van der Waals surface area contributed by atoms with E-state index in [1.54, 1.807) is 16.2 Å². The lowest BCUT2D eigenvalue weighted by atomic mass is 10.1. The van der Waals surface area contributed by atoms with Crippen molar-refractivity contribution in [3.05, 3.63) is 35.2 Å². The van der Waals surface area contributed by atoms with Crippen LogP contribution in [0.4, 0.5) is 0 Å². The molecular formula is C16H21NO2S. The van der Waals surface area contributed by atoms with Gasteiger partial charge in [0, 0.05) is 17.8 Å². The van der Waals surface area contributed by atoms with Gasteiger partial charge in [0.15, 0.2) is 0 Å². The average molecular weight is 291 g/mol. The fraction of sp³-hybridized carbons (Fsp3) is 0.438. The lowest BCUT2D eigenvalue weighted by molar-refractivity contribution is -0.135. The van der Waals surface area contributed by atoms with Crippen LogP contribution in [-0.4, -0.2) is 37.1 Å². The summed E-state index contributed by atoms with van der Waals surface area (Å²) in [6, 6.07) is 8.49. The molecule has 1 aromatic heterocycles. The van der Waals surface area contributed by atoms with Gasteiger partial charge in [0.1, 0.15) is 6.61 Å². The maximum Gasteiger partial charge on any atom is 0.248 e. The molecule has 1 heterocycles. The van der Waals surface area contributed by atoms with Gasteiger partial charge >= 0.3 is 0 Å². The summed E-state index contributed by atoms with van der Waals surface area (Å²) in [4.78, 5) is 13.6. The van der Waals surface area contributed by atoms with Gasteiger partial charge in [0.25, 0.3) is 0 Å². The molecule has 2 aromatic rings. The summed E-state index contributed by atoms with van der Waals surface area (Å²) in [6.07, 6.45) is 0.847. The number of carbonyl (C=O) groups excluding carboxylic acids is 1. The summed E-state index contributed by atoms with van der Waals surface area (Å²) in [5, 5.41) is 3.41. The Balaban J connectivity index is 1.82. The molecule has 0 radical (unpaired) electrons. The van der Waals surface area contributed by atoms with E-state index in [0.717, 1.165) is 19.5 Å². The van der Waals surface area contributed by atoms with E-state index in [9.17, 15) is 4.79 Å². The Hall–Kier alpha value is -1.39. The average Bonchev–Trinajstić information content (AvgIpc) is 2.94. The highest BCUT2D eigenvalue weighted by Crippen LogP contribution is 2.24. The van der Waals surface area contributed by atoms with E-state index in [1.165, 1.54) is 15.6 Å². The third kappa shape index (κ3) is 3.58. The topological polar surface area (TPSA) is 29.5 Å². The Labute approximate surface area is 124 Å². The van der Waals surface area contributed by atoms with E-state index in [4.69, 9.17) is 4.74 Å². The molecule has 0 bridgehead atoms. The van der Waals surface area contributed by atoms with Gasteiger partial charge in [0.05, 0.1) is 6.61 Å². The van der Waals surface area contributed by atoms with Gasteiger partial charge in [0.2, 0.25) is 5.91 Å². The summed E-state index contributed by atoms with van der Waals surface area (Å²) in [7, 11) is 0. The number of carbonyl (C=O) groups is 1. The minimum atomic E-state index is 0.0729. The van der Waals surface area contributed by atoms with E-state index in [1.807, 2.05) is 13.8 Å². The second-order valence-corrected chi connectivity index (χ2v) is 5.57. The van der Waals surface area contributed by atoms with Crippen LogP contribution in [0.3, 0.4) is 0 Å². The number of rotatable bonds is 7. The summed E-state index contributed by atoms with van der Waals surface area (Å²) in [5.41, 5.74) is 1.29. The zero-order valence-corrected chi connectivity index (χ0v) is 12.9. The first-order chi connectivity index (χ1) is 9.76. The normalized spacial score (nSPS) is 10.9. The fourth-order valence-electron chi connectivity index (χ4n) is 2.28. The van der Waals surface area contributed by atoms with Crippen molar-refractivity contribution in [3.8, 4) is 0 Å². The molecule has 108 valence electrons. The van der Waals surface area contributed by atoms with Crippen LogP contribution in [-0.2, 0) is 16.0 Å². The molecule has 0 saturated carbocycles. The van der Waals surface area contributed by atoms with Gasteiger partial charge in [-0.1, -0.05) is 12.1 Å². The summed E-state index contributed by atoms with van der Waals surface area (Å²) in [6.45, 7) is 6.22. The number of hydrogen-bond donors (Lipinski definition) is 0. The Bertz CT molecular complexity index is 560. The van der Waals surface area contributed by atoms with E-state index in [0.29, 0.717) is 6.61 Å². The van der Waals surface area contributed by atoms with Gasteiger partial charge < -0.3 is 9.64 Å². The molecule has 0 fully saturated rings. The van der Waals surface area contributed by atoms with Crippen molar-refractivity contribution in [2.75, 3.05) is 26.3 Å². The predicted molar refractivity (Wildman–Crippen MR) is 84.3 cm³/mol. The number of ether oxygens (including phenoxy) is 1. The molecule has 20 heavy (non-hydrogen) atoms. The molecule has 1 aromatic carbocycles. The molecule has 0 aliphatic rings. The van der Waals surface area contributed by atoms with Crippen LogP contribution >= 0.6 is 11.3 Å². The predicted octanol–water partition coefficient (Wildman–Crippen LogP) is 3.33. The SMILES string of the molecule is CCN(CC)C(=O)COCCc1cccc2sccc12. The highest BCUT2D eigenvalue weighted by molar-refractivity contribution is 7.17. The first kappa shape index (κ1) is 15.0. The Morgan fingerprint density at radius 2 is 2.05 bits per heavy atom. The van der Waals surface area contributed by atoms with Gasteiger partial charge in [-0.3, -0.25) is 4.79 Å². The summed E-state index contributed by atoms with van der Waals surface area (Å²) in [5.74, 6) is 0.0729. The molecule has 1 amide bonds. The molecule has 0 atom stereocenters. The number of fused-ring (bicyclic) bond motifs is 1. The van der Waals surface area contributed by atoms with E-state index in [2.05, 4.69) is 29.6 Å². The van der Waals surface area contributed by atoms with Crippen molar-refractivity contribution in [3.63, 3.8) is 0 Å². The van der Waals surface area contributed by atoms with Crippen molar-refractivity contribution in [2.45, 2.75) is 20.3 Å². The molecule has 2 rings (SSSR count). The molecule has 0 aliphatic heterocycles. The number of hydrogen-bond acceptors (Lipinski definition) is 3. The minimum absolute atomic E-state index is 0.0729. The van der Waals surface area contributed by atoms with Crippen LogP contribution in [0.2, 0.25) is 0 Å². The van der Waals surface area contributed by atoms with Gasteiger partial charge in [-0.15, -0.1) is 11.3 Å². The standard InChI is InChI=1S/C16H21NO2S/c1-3-17(4-2)16(18)12-19-10-8-13-6-5-7-15-14(13)9-11-20-15/h5-7,9,11H,3-4,8,10,12H2,1-2H3. The van der Waals surface area contributed by atoms with Crippen LogP contribution in [0.5, 0.6) is 0 Å². The molecular weight excluding hydrogens is 270 g/mol. The van der Waals surface area contributed by atoms with Crippen molar-refractivity contribution < 1.29 is 9.53 Å². The Kier molecular flexibility index (Phi) is 5.56. The molecule has 0 saturated heterocycles. The molecule has 4 heteroatoms. The number of thiophene rings is 1. The van der Waals surface area contributed by atoms with Gasteiger partial charge in [-0.2, -0.15) is 0 Å².